The van der Waals surface area contributed by atoms with Gasteiger partial charge in [-0.2, -0.15) is 8.42 Å². The van der Waals surface area contributed by atoms with Gasteiger partial charge < -0.3 is 16.2 Å². The third kappa shape index (κ3) is 4.02. The van der Waals surface area contributed by atoms with E-state index in [0.29, 0.717) is 9.54 Å². The van der Waals surface area contributed by atoms with Crippen LogP contribution in [0.15, 0.2) is 36.5 Å². The molecule has 1 heterocycles. The van der Waals surface area contributed by atoms with Crippen molar-refractivity contribution in [1.29, 1.82) is 0 Å². The molecule has 1 aromatic heterocycles. The molecule has 0 unspecified atom stereocenters. The van der Waals surface area contributed by atoms with Gasteiger partial charge in [0.1, 0.15) is 0 Å². The van der Waals surface area contributed by atoms with Gasteiger partial charge in [0.15, 0.2) is 5.69 Å². The van der Waals surface area contributed by atoms with E-state index in [-0.39, 0.29) is 17.7 Å². The average molecular weight is 366 g/mol. The largest absolute Gasteiger partial charge is 0.477 e. The summed E-state index contributed by atoms with van der Waals surface area (Å²) in [4.78, 5) is 33.8. The predicted octanol–water partition coefficient (Wildman–Crippen LogP) is -0.880. The van der Waals surface area contributed by atoms with Gasteiger partial charge in [-0.05, 0) is 23.8 Å². The molecule has 1 aromatic carbocycles. The Morgan fingerprint density at radius 1 is 1.12 bits per heavy atom. The smallest absolute Gasteiger partial charge is 0.354 e. The van der Waals surface area contributed by atoms with Gasteiger partial charge in [-0.3, -0.25) is 9.59 Å². The van der Waals surface area contributed by atoms with Crippen molar-refractivity contribution >= 4 is 28.0 Å². The Hall–Kier alpha value is -3.18. The van der Waals surface area contributed by atoms with Crippen molar-refractivity contribution in [3.63, 3.8) is 0 Å². The van der Waals surface area contributed by atoms with Crippen molar-refractivity contribution in [3.8, 4) is 11.1 Å². The first-order chi connectivity index (χ1) is 11.6. The summed E-state index contributed by atoms with van der Waals surface area (Å²) in [6, 6.07) is 6.95. The second-order valence-corrected chi connectivity index (χ2v) is 6.37. The van der Waals surface area contributed by atoms with Gasteiger partial charge in [-0.1, -0.05) is 12.1 Å². The summed E-state index contributed by atoms with van der Waals surface area (Å²) in [7, 11) is -4.27. The molecule has 0 fully saturated rings. The second-order valence-electron chi connectivity index (χ2n) is 4.95. The molecule has 11 heteroatoms. The monoisotopic (exact) mass is 366 g/mol. The van der Waals surface area contributed by atoms with E-state index in [4.69, 9.17) is 10.9 Å². The second kappa shape index (κ2) is 6.75. The van der Waals surface area contributed by atoms with E-state index in [1.165, 1.54) is 30.3 Å². The average Bonchev–Trinajstić information content (AvgIpc) is 2.98. The Bertz CT molecular complexity index is 946. The quantitative estimate of drug-likeness (QED) is 0.516. The molecule has 0 aliphatic heterocycles. The Balaban J connectivity index is 2.38. The number of hydrogen-bond donors (Lipinski definition) is 4. The SMILES string of the molecule is NC(=O)CNC(=O)c1ccc(-c2ccn(S(N)(=O)=O)c2C(=O)O)cc1. The Kier molecular flexibility index (Phi) is 4.90. The Labute approximate surface area is 142 Å². The van der Waals surface area contributed by atoms with E-state index in [1.807, 2.05) is 0 Å². The zero-order valence-electron chi connectivity index (χ0n) is 12.7. The number of benzene rings is 1. The highest BCUT2D eigenvalue weighted by Gasteiger charge is 2.22. The lowest BCUT2D eigenvalue weighted by atomic mass is 10.0. The summed E-state index contributed by atoms with van der Waals surface area (Å²) in [5.41, 5.74) is 5.11. The normalized spacial score (nSPS) is 11.1. The zero-order chi connectivity index (χ0) is 18.8. The maximum absolute atomic E-state index is 11.8. The highest BCUT2D eigenvalue weighted by molar-refractivity contribution is 7.87. The predicted molar refractivity (Wildman–Crippen MR) is 86.9 cm³/mol. The van der Waals surface area contributed by atoms with Crippen molar-refractivity contribution in [3.05, 3.63) is 47.8 Å². The number of nitrogens with two attached hydrogens (primary N) is 2. The number of carboxylic acids is 1. The van der Waals surface area contributed by atoms with Crippen LogP contribution in [0.25, 0.3) is 11.1 Å². The number of carboxylic acid groups (broad SMARTS) is 1. The number of amides is 2. The fourth-order valence-electron chi connectivity index (χ4n) is 2.14. The lowest BCUT2D eigenvalue weighted by Crippen LogP contribution is -2.33. The van der Waals surface area contributed by atoms with Crippen LogP contribution >= 0.6 is 0 Å². The molecule has 0 aliphatic rings. The summed E-state index contributed by atoms with van der Waals surface area (Å²) in [6.45, 7) is -0.318. The van der Waals surface area contributed by atoms with Crippen LogP contribution in [0.4, 0.5) is 0 Å². The van der Waals surface area contributed by atoms with Crippen LogP contribution in [0, 0.1) is 0 Å². The Morgan fingerprint density at radius 3 is 2.20 bits per heavy atom. The zero-order valence-corrected chi connectivity index (χ0v) is 13.5. The molecule has 2 aromatic rings. The van der Waals surface area contributed by atoms with E-state index in [2.05, 4.69) is 5.32 Å². The molecule has 132 valence electrons. The van der Waals surface area contributed by atoms with Gasteiger partial charge >= 0.3 is 16.2 Å². The van der Waals surface area contributed by atoms with Gasteiger partial charge in [0.2, 0.25) is 5.91 Å². The minimum absolute atomic E-state index is 0.116. The van der Waals surface area contributed by atoms with Crippen molar-refractivity contribution in [1.82, 2.24) is 9.29 Å². The first-order valence-corrected chi connectivity index (χ1v) is 8.26. The van der Waals surface area contributed by atoms with E-state index < -0.39 is 33.7 Å². The van der Waals surface area contributed by atoms with E-state index in [1.54, 1.807) is 0 Å². The fraction of sp³-hybridized carbons (Fsp3) is 0.0714. The molecule has 0 bridgehead atoms. The third-order valence-corrected chi connectivity index (χ3v) is 4.06. The maximum atomic E-state index is 11.8. The van der Waals surface area contributed by atoms with E-state index >= 15 is 0 Å². The number of aromatic carboxylic acids is 1. The third-order valence-electron chi connectivity index (χ3n) is 3.21. The molecule has 6 N–H and O–H groups in total. The number of nitrogens with zero attached hydrogens (tertiary/aromatic N) is 1. The molecule has 10 nitrogen and oxygen atoms in total. The number of carbonyl (C=O) groups is 3. The van der Waals surface area contributed by atoms with Crippen molar-refractivity contribution in [2.24, 2.45) is 10.9 Å². The van der Waals surface area contributed by atoms with Crippen LogP contribution in [0.2, 0.25) is 0 Å². The van der Waals surface area contributed by atoms with Gasteiger partial charge in [0.05, 0.1) is 6.54 Å². The molecule has 0 radical (unpaired) electrons. The summed E-state index contributed by atoms with van der Waals surface area (Å²) in [5, 5.41) is 16.6. The first kappa shape index (κ1) is 18.2. The summed E-state index contributed by atoms with van der Waals surface area (Å²) >= 11 is 0. The lowest BCUT2D eigenvalue weighted by Gasteiger charge is -2.07. The summed E-state index contributed by atoms with van der Waals surface area (Å²) in [6.07, 6.45) is 1.03. The van der Waals surface area contributed by atoms with Crippen molar-refractivity contribution in [2.45, 2.75) is 0 Å². The van der Waals surface area contributed by atoms with Crippen LogP contribution in [-0.2, 0) is 15.0 Å². The standard InChI is InChI=1S/C14H14N4O6S/c15-11(19)7-17-13(20)9-3-1-8(2-4-9)10-5-6-18(25(16,23)24)12(10)14(21)22/h1-6H,7H2,(H2,15,19)(H,17,20)(H,21,22)(H2,16,23,24). The summed E-state index contributed by atoms with van der Waals surface area (Å²) < 4.78 is 23.4. The molecule has 2 amide bonds. The number of nitrogens with one attached hydrogen (secondary N) is 1. The molecule has 0 spiro atoms. The van der Waals surface area contributed by atoms with Crippen molar-refractivity contribution < 1.29 is 27.9 Å². The van der Waals surface area contributed by atoms with Crippen LogP contribution in [0.3, 0.4) is 0 Å². The lowest BCUT2D eigenvalue weighted by molar-refractivity contribution is -0.117. The van der Waals surface area contributed by atoms with Gasteiger partial charge in [0.25, 0.3) is 5.91 Å². The Morgan fingerprint density at radius 2 is 1.72 bits per heavy atom. The van der Waals surface area contributed by atoms with Crippen LogP contribution in [0.5, 0.6) is 0 Å². The van der Waals surface area contributed by atoms with Crippen LogP contribution in [-0.4, -0.2) is 41.8 Å². The maximum Gasteiger partial charge on any atom is 0.354 e. The highest BCUT2D eigenvalue weighted by Crippen LogP contribution is 2.26. The topological polar surface area (TPSA) is 175 Å². The molecular formula is C14H14N4O6S. The number of carbonyl (C=O) groups excluding carboxylic acids is 2. The molecule has 0 saturated heterocycles. The van der Waals surface area contributed by atoms with Gasteiger partial charge in [-0.15, -0.1) is 0 Å². The van der Waals surface area contributed by atoms with Crippen LogP contribution in [0.1, 0.15) is 20.8 Å². The van der Waals surface area contributed by atoms with E-state index in [0.717, 1.165) is 6.20 Å². The molecular weight excluding hydrogens is 352 g/mol. The van der Waals surface area contributed by atoms with Gasteiger partial charge in [0, 0.05) is 17.3 Å². The number of primary amides is 1. The summed E-state index contributed by atoms with van der Waals surface area (Å²) in [5.74, 6) is -2.70. The molecule has 0 saturated carbocycles. The first-order valence-electron chi connectivity index (χ1n) is 6.76. The van der Waals surface area contributed by atoms with Crippen molar-refractivity contribution in [2.75, 3.05) is 6.54 Å². The molecule has 2 rings (SSSR count). The molecule has 0 atom stereocenters. The minimum Gasteiger partial charge on any atom is -0.477 e. The number of aromatic nitrogens is 1. The molecule has 25 heavy (non-hydrogen) atoms. The van der Waals surface area contributed by atoms with Gasteiger partial charge in [-0.25, -0.2) is 13.9 Å². The van der Waals surface area contributed by atoms with E-state index in [9.17, 15) is 27.9 Å². The minimum atomic E-state index is -4.27. The molecule has 0 aliphatic carbocycles. The van der Waals surface area contributed by atoms with Crippen LogP contribution < -0.4 is 16.2 Å². The number of hydrogen-bond acceptors (Lipinski definition) is 5. The highest BCUT2D eigenvalue weighted by atomic mass is 32.2. The number of rotatable bonds is 6. The fourth-order valence-corrected chi connectivity index (χ4v) is 2.80.